The molecule has 0 N–H and O–H groups in total. The normalized spacial score (nSPS) is 18.6. The van der Waals surface area contributed by atoms with Gasteiger partial charge in [0, 0.05) is 20.0 Å². The second-order valence-electron chi connectivity index (χ2n) is 6.73. The monoisotopic (exact) mass is 374 g/mol. The Hall–Kier alpha value is -2.22. The molecular weight excluding hydrogens is 352 g/mol. The summed E-state index contributed by atoms with van der Waals surface area (Å²) in [7, 11) is 3.76. The highest BCUT2D eigenvalue weighted by Gasteiger charge is 2.29. The van der Waals surface area contributed by atoms with E-state index in [9.17, 15) is 4.79 Å². The quantitative estimate of drug-likeness (QED) is 0.721. The van der Waals surface area contributed by atoms with Gasteiger partial charge in [-0.05, 0) is 25.0 Å². The number of rotatable bonds is 6. The van der Waals surface area contributed by atoms with Crippen molar-refractivity contribution in [3.63, 3.8) is 0 Å². The van der Waals surface area contributed by atoms with Crippen LogP contribution in [0.2, 0.25) is 0 Å². The van der Waals surface area contributed by atoms with Crippen LogP contribution in [0.3, 0.4) is 0 Å². The largest absolute Gasteiger partial charge is 0.486 e. The molecule has 1 atom stereocenters. The van der Waals surface area contributed by atoms with Gasteiger partial charge in [-0.15, -0.1) is 10.2 Å². The molecule has 0 bridgehead atoms. The molecule has 1 fully saturated rings. The number of thioether (sulfide) groups is 1. The molecule has 2 heterocycles. The van der Waals surface area contributed by atoms with Crippen molar-refractivity contribution in [1.82, 2.24) is 19.7 Å². The number of hydrogen-bond donors (Lipinski definition) is 0. The lowest BCUT2D eigenvalue weighted by Crippen LogP contribution is -2.42. The zero-order chi connectivity index (χ0) is 18.1. The number of carbonyl (C=O) groups excluding carboxylic acids is 1. The molecule has 1 aliphatic heterocycles. The lowest BCUT2D eigenvalue weighted by molar-refractivity contribution is -0.128. The molecule has 1 aromatic carbocycles. The highest BCUT2D eigenvalue weighted by atomic mass is 32.2. The summed E-state index contributed by atoms with van der Waals surface area (Å²) < 4.78 is 13.6. The van der Waals surface area contributed by atoms with Crippen molar-refractivity contribution in [2.24, 2.45) is 7.05 Å². The van der Waals surface area contributed by atoms with Gasteiger partial charge >= 0.3 is 0 Å². The Bertz CT molecular complexity index is 805. The summed E-state index contributed by atoms with van der Waals surface area (Å²) in [6, 6.07) is 7.59. The Morgan fingerprint density at radius 3 is 2.85 bits per heavy atom. The van der Waals surface area contributed by atoms with E-state index in [0.29, 0.717) is 24.8 Å². The minimum absolute atomic E-state index is 0.0356. The third kappa shape index (κ3) is 3.65. The maximum atomic E-state index is 12.5. The molecule has 138 valence electrons. The SMILES string of the molecule is CN(C[C@@H]1COc2ccccc2O1)C(=O)CSc1nnc(C2CC2)n1C. The fraction of sp³-hybridized carbons (Fsp3) is 0.500. The molecule has 0 unspecified atom stereocenters. The van der Waals surface area contributed by atoms with Crippen molar-refractivity contribution >= 4 is 17.7 Å². The minimum Gasteiger partial charge on any atom is -0.486 e. The van der Waals surface area contributed by atoms with Gasteiger partial charge in [0.05, 0.1) is 12.3 Å². The average Bonchev–Trinajstić information content (AvgIpc) is 3.43. The van der Waals surface area contributed by atoms with E-state index in [4.69, 9.17) is 9.47 Å². The highest BCUT2D eigenvalue weighted by molar-refractivity contribution is 7.99. The van der Waals surface area contributed by atoms with E-state index in [-0.39, 0.29) is 12.0 Å². The van der Waals surface area contributed by atoms with Gasteiger partial charge in [0.2, 0.25) is 5.91 Å². The zero-order valence-electron chi connectivity index (χ0n) is 14.9. The third-order valence-corrected chi connectivity index (χ3v) is 5.61. The first kappa shape index (κ1) is 17.2. The predicted molar refractivity (Wildman–Crippen MR) is 97.7 cm³/mol. The standard InChI is InChI=1S/C18H22N4O3S/c1-21(9-13-10-24-14-5-3-4-6-15(14)25-13)16(23)11-26-18-20-19-17(22(18)2)12-7-8-12/h3-6,12-13H,7-11H2,1-2H3/t13-/m1/s1. The molecule has 1 amide bonds. The second kappa shape index (κ2) is 7.19. The molecule has 1 aliphatic carbocycles. The molecule has 26 heavy (non-hydrogen) atoms. The fourth-order valence-electron chi connectivity index (χ4n) is 2.95. The number of ether oxygens (including phenoxy) is 2. The van der Waals surface area contributed by atoms with Crippen LogP contribution in [0.4, 0.5) is 0 Å². The molecule has 0 spiro atoms. The van der Waals surface area contributed by atoms with Gasteiger partial charge in [0.1, 0.15) is 12.4 Å². The Labute approximate surface area is 156 Å². The number of amides is 1. The Morgan fingerprint density at radius 1 is 1.31 bits per heavy atom. The van der Waals surface area contributed by atoms with Crippen LogP contribution in [-0.4, -0.2) is 57.6 Å². The maximum absolute atomic E-state index is 12.5. The molecule has 2 aromatic rings. The van der Waals surface area contributed by atoms with Crippen LogP contribution in [0.15, 0.2) is 29.4 Å². The van der Waals surface area contributed by atoms with Gasteiger partial charge in [-0.25, -0.2) is 0 Å². The summed E-state index contributed by atoms with van der Waals surface area (Å²) in [5.74, 6) is 3.42. The molecular formula is C18H22N4O3S. The summed E-state index contributed by atoms with van der Waals surface area (Å²) in [5, 5.41) is 9.25. The topological polar surface area (TPSA) is 69.5 Å². The Balaban J connectivity index is 1.28. The smallest absolute Gasteiger partial charge is 0.232 e. The molecule has 2 aliphatic rings. The number of hydrogen-bond acceptors (Lipinski definition) is 6. The lowest BCUT2D eigenvalue weighted by Gasteiger charge is -2.29. The van der Waals surface area contributed by atoms with Gasteiger partial charge in [-0.1, -0.05) is 23.9 Å². The maximum Gasteiger partial charge on any atom is 0.232 e. The van der Waals surface area contributed by atoms with Gasteiger partial charge in [-0.3, -0.25) is 4.79 Å². The Kier molecular flexibility index (Phi) is 4.76. The van der Waals surface area contributed by atoms with Gasteiger partial charge in [-0.2, -0.15) is 0 Å². The number of carbonyl (C=O) groups is 1. The van der Waals surface area contributed by atoms with Gasteiger partial charge in [0.25, 0.3) is 0 Å². The average molecular weight is 374 g/mol. The number of benzene rings is 1. The predicted octanol–water partition coefficient (Wildman–Crippen LogP) is 2.08. The fourth-order valence-corrected chi connectivity index (χ4v) is 3.80. The Morgan fingerprint density at radius 2 is 2.08 bits per heavy atom. The third-order valence-electron chi connectivity index (χ3n) is 4.61. The van der Waals surface area contributed by atoms with Crippen LogP contribution in [0.5, 0.6) is 11.5 Å². The van der Waals surface area contributed by atoms with Crippen LogP contribution >= 0.6 is 11.8 Å². The van der Waals surface area contributed by atoms with E-state index in [1.807, 2.05) is 35.9 Å². The van der Waals surface area contributed by atoms with Crippen LogP contribution in [0.25, 0.3) is 0 Å². The van der Waals surface area contributed by atoms with Crippen molar-refractivity contribution in [2.75, 3.05) is 26.0 Å². The van der Waals surface area contributed by atoms with E-state index in [2.05, 4.69) is 10.2 Å². The number of aromatic nitrogens is 3. The summed E-state index contributed by atoms with van der Waals surface area (Å²) in [6.45, 7) is 0.926. The highest BCUT2D eigenvalue weighted by Crippen LogP contribution is 2.39. The van der Waals surface area contributed by atoms with E-state index >= 15 is 0 Å². The van der Waals surface area contributed by atoms with E-state index in [1.165, 1.54) is 24.6 Å². The van der Waals surface area contributed by atoms with E-state index < -0.39 is 0 Å². The molecule has 0 radical (unpaired) electrons. The first-order valence-corrected chi connectivity index (χ1v) is 9.75. The second-order valence-corrected chi connectivity index (χ2v) is 7.68. The van der Waals surface area contributed by atoms with Crippen LogP contribution in [0, 0.1) is 0 Å². The van der Waals surface area contributed by atoms with Crippen LogP contribution < -0.4 is 9.47 Å². The number of para-hydroxylation sites is 2. The number of fused-ring (bicyclic) bond motifs is 1. The summed E-state index contributed by atoms with van der Waals surface area (Å²) >= 11 is 1.43. The molecule has 4 rings (SSSR count). The van der Waals surface area contributed by atoms with Crippen LogP contribution in [-0.2, 0) is 11.8 Å². The molecule has 8 heteroatoms. The zero-order valence-corrected chi connectivity index (χ0v) is 15.7. The van der Waals surface area contributed by atoms with Crippen molar-refractivity contribution in [3.05, 3.63) is 30.1 Å². The van der Waals surface area contributed by atoms with Gasteiger partial charge < -0.3 is 18.9 Å². The lowest BCUT2D eigenvalue weighted by atomic mass is 10.2. The summed E-state index contributed by atoms with van der Waals surface area (Å²) in [6.07, 6.45) is 2.20. The van der Waals surface area contributed by atoms with Gasteiger partial charge in [0.15, 0.2) is 22.8 Å². The van der Waals surface area contributed by atoms with E-state index in [1.54, 1.807) is 11.9 Å². The molecule has 7 nitrogen and oxygen atoms in total. The molecule has 1 aromatic heterocycles. The molecule has 1 saturated carbocycles. The van der Waals surface area contributed by atoms with Crippen molar-refractivity contribution in [1.29, 1.82) is 0 Å². The first-order chi connectivity index (χ1) is 12.6. The van der Waals surface area contributed by atoms with Crippen LogP contribution in [0.1, 0.15) is 24.6 Å². The van der Waals surface area contributed by atoms with Crippen molar-refractivity contribution in [2.45, 2.75) is 30.0 Å². The number of nitrogens with zero attached hydrogens (tertiary/aromatic N) is 4. The first-order valence-electron chi connectivity index (χ1n) is 8.76. The van der Waals surface area contributed by atoms with Crippen molar-refractivity contribution in [3.8, 4) is 11.5 Å². The van der Waals surface area contributed by atoms with E-state index in [0.717, 1.165) is 22.5 Å². The number of likely N-dealkylation sites (N-methyl/N-ethyl adjacent to an activating group) is 1. The molecule has 0 saturated heterocycles. The summed E-state index contributed by atoms with van der Waals surface area (Å²) in [5.41, 5.74) is 0. The van der Waals surface area contributed by atoms with Crippen molar-refractivity contribution < 1.29 is 14.3 Å². The minimum atomic E-state index is -0.167. The summed E-state index contributed by atoms with van der Waals surface area (Å²) in [4.78, 5) is 14.1.